The third-order valence-corrected chi connectivity index (χ3v) is 4.74. The van der Waals surface area contributed by atoms with Crippen LogP contribution in [0.3, 0.4) is 0 Å². The van der Waals surface area contributed by atoms with Crippen molar-refractivity contribution in [2.75, 3.05) is 52.4 Å². The van der Waals surface area contributed by atoms with E-state index in [1.165, 1.54) is 0 Å². The fourth-order valence-corrected chi connectivity index (χ4v) is 3.45. The molecular formula is C16H25N5O2. The third kappa shape index (κ3) is 4.04. The monoisotopic (exact) mass is 319 g/mol. The highest BCUT2D eigenvalue weighted by atomic mass is 16.3. The van der Waals surface area contributed by atoms with E-state index in [-0.39, 0.29) is 18.6 Å². The van der Waals surface area contributed by atoms with Crippen LogP contribution in [0, 0.1) is 0 Å². The van der Waals surface area contributed by atoms with E-state index >= 15 is 0 Å². The van der Waals surface area contributed by atoms with Crippen LogP contribution < -0.4 is 0 Å². The first-order chi connectivity index (χ1) is 11.3. The van der Waals surface area contributed by atoms with Crippen molar-refractivity contribution in [2.24, 2.45) is 0 Å². The summed E-state index contributed by atoms with van der Waals surface area (Å²) in [6.07, 6.45) is 7.11. The summed E-state index contributed by atoms with van der Waals surface area (Å²) in [5.74, 6) is 0.189. The van der Waals surface area contributed by atoms with E-state index in [0.29, 0.717) is 6.54 Å². The molecule has 126 valence electrons. The molecule has 7 nitrogen and oxygen atoms in total. The highest BCUT2D eigenvalue weighted by Gasteiger charge is 2.32. The van der Waals surface area contributed by atoms with Crippen molar-refractivity contribution in [3.63, 3.8) is 0 Å². The van der Waals surface area contributed by atoms with Gasteiger partial charge in [0.05, 0.1) is 31.1 Å². The topological polar surface area (TPSA) is 72.8 Å². The van der Waals surface area contributed by atoms with Gasteiger partial charge in [0.25, 0.3) is 0 Å². The van der Waals surface area contributed by atoms with Gasteiger partial charge in [-0.2, -0.15) is 0 Å². The minimum atomic E-state index is 0.0758. The van der Waals surface area contributed by atoms with Crippen molar-refractivity contribution in [1.82, 2.24) is 24.7 Å². The number of aliphatic hydroxyl groups excluding tert-OH is 1. The number of aromatic nitrogens is 2. The average molecular weight is 319 g/mol. The molecular weight excluding hydrogens is 294 g/mol. The SMILES string of the molecule is O=C(CN1CCN(CCO)CC1)N1CCCC1c1cnccn1. The van der Waals surface area contributed by atoms with E-state index in [9.17, 15) is 4.79 Å². The Kier molecular flexibility index (Phi) is 5.53. The van der Waals surface area contributed by atoms with Crippen LogP contribution in [0.25, 0.3) is 0 Å². The molecule has 1 amide bonds. The number of β-amino-alcohol motifs (C(OH)–C–C–N with tert-alkyl or cyclic N) is 1. The van der Waals surface area contributed by atoms with E-state index in [4.69, 9.17) is 5.11 Å². The van der Waals surface area contributed by atoms with E-state index in [1.54, 1.807) is 18.6 Å². The quantitative estimate of drug-likeness (QED) is 0.807. The predicted molar refractivity (Wildman–Crippen MR) is 85.7 cm³/mol. The standard InChI is InChI=1S/C16H25N5O2/c22-11-10-19-6-8-20(9-7-19)13-16(23)21-5-1-2-15(21)14-12-17-3-4-18-14/h3-4,12,15,22H,1-2,5-11,13H2. The molecule has 0 radical (unpaired) electrons. The maximum atomic E-state index is 12.7. The Balaban J connectivity index is 1.54. The molecule has 3 heterocycles. The number of hydrogen-bond acceptors (Lipinski definition) is 6. The van der Waals surface area contributed by atoms with E-state index in [0.717, 1.165) is 57.8 Å². The number of piperazine rings is 1. The average Bonchev–Trinajstić information content (AvgIpc) is 3.07. The first kappa shape index (κ1) is 16.3. The molecule has 2 saturated heterocycles. The van der Waals surface area contributed by atoms with Crippen molar-refractivity contribution >= 4 is 5.91 Å². The van der Waals surface area contributed by atoms with Crippen LogP contribution in [0.4, 0.5) is 0 Å². The minimum absolute atomic E-state index is 0.0758. The Morgan fingerprint density at radius 3 is 2.65 bits per heavy atom. The molecule has 1 N–H and O–H groups in total. The molecule has 1 atom stereocenters. The van der Waals surface area contributed by atoms with E-state index < -0.39 is 0 Å². The largest absolute Gasteiger partial charge is 0.395 e. The highest BCUT2D eigenvalue weighted by Crippen LogP contribution is 2.30. The second kappa shape index (κ2) is 7.81. The molecule has 2 aliphatic heterocycles. The van der Waals surface area contributed by atoms with E-state index in [2.05, 4.69) is 19.8 Å². The lowest BCUT2D eigenvalue weighted by atomic mass is 10.1. The van der Waals surface area contributed by atoms with Gasteiger partial charge in [-0.25, -0.2) is 0 Å². The smallest absolute Gasteiger partial charge is 0.237 e. The van der Waals surface area contributed by atoms with Gasteiger partial charge < -0.3 is 10.0 Å². The number of amides is 1. The molecule has 1 unspecified atom stereocenters. The van der Waals surface area contributed by atoms with Crippen LogP contribution in [-0.2, 0) is 4.79 Å². The van der Waals surface area contributed by atoms with Crippen molar-refractivity contribution in [1.29, 1.82) is 0 Å². The second-order valence-electron chi connectivity index (χ2n) is 6.22. The van der Waals surface area contributed by atoms with Gasteiger partial charge in [0.2, 0.25) is 5.91 Å². The zero-order chi connectivity index (χ0) is 16.1. The van der Waals surface area contributed by atoms with Crippen molar-refractivity contribution in [3.05, 3.63) is 24.3 Å². The number of likely N-dealkylation sites (tertiary alicyclic amines) is 1. The fraction of sp³-hybridized carbons (Fsp3) is 0.688. The van der Waals surface area contributed by atoms with Gasteiger partial charge in [0.1, 0.15) is 0 Å². The molecule has 0 spiro atoms. The first-order valence-electron chi connectivity index (χ1n) is 8.39. The molecule has 2 aliphatic rings. The van der Waals surface area contributed by atoms with Crippen molar-refractivity contribution in [3.8, 4) is 0 Å². The van der Waals surface area contributed by atoms with Crippen LogP contribution in [0.1, 0.15) is 24.6 Å². The Hall–Kier alpha value is -1.57. The summed E-state index contributed by atoms with van der Waals surface area (Å²) in [6, 6.07) is 0.0758. The van der Waals surface area contributed by atoms with Gasteiger partial charge >= 0.3 is 0 Å². The lowest BCUT2D eigenvalue weighted by molar-refractivity contribution is -0.133. The Labute approximate surface area is 136 Å². The molecule has 7 heteroatoms. The zero-order valence-electron chi connectivity index (χ0n) is 13.5. The lowest BCUT2D eigenvalue weighted by Crippen LogP contribution is -2.50. The van der Waals surface area contributed by atoms with Crippen LogP contribution in [0.2, 0.25) is 0 Å². The van der Waals surface area contributed by atoms with Crippen LogP contribution in [-0.4, -0.2) is 88.1 Å². The number of carbonyl (C=O) groups is 1. The normalized spacial score (nSPS) is 23.3. The summed E-state index contributed by atoms with van der Waals surface area (Å²) in [5, 5.41) is 8.98. The van der Waals surface area contributed by atoms with Gasteiger partial charge in [-0.05, 0) is 12.8 Å². The maximum absolute atomic E-state index is 12.7. The first-order valence-corrected chi connectivity index (χ1v) is 8.39. The molecule has 3 rings (SSSR count). The van der Waals surface area contributed by atoms with Gasteiger partial charge in [-0.15, -0.1) is 0 Å². The molecule has 1 aromatic heterocycles. The summed E-state index contributed by atoms with van der Waals surface area (Å²) in [4.78, 5) is 27.6. The molecule has 0 aliphatic carbocycles. The number of nitrogens with zero attached hydrogens (tertiary/aromatic N) is 5. The summed E-state index contributed by atoms with van der Waals surface area (Å²) in [5.41, 5.74) is 0.895. The molecule has 1 aromatic rings. The van der Waals surface area contributed by atoms with Crippen LogP contribution >= 0.6 is 0 Å². The highest BCUT2D eigenvalue weighted by molar-refractivity contribution is 5.79. The predicted octanol–water partition coefficient (Wildman–Crippen LogP) is -0.250. The summed E-state index contributed by atoms with van der Waals surface area (Å²) >= 11 is 0. The molecule has 0 bridgehead atoms. The minimum Gasteiger partial charge on any atom is -0.395 e. The Morgan fingerprint density at radius 1 is 1.17 bits per heavy atom. The summed E-state index contributed by atoms with van der Waals surface area (Å²) in [6.45, 7) is 5.82. The van der Waals surface area contributed by atoms with E-state index in [1.807, 2.05) is 4.90 Å². The van der Waals surface area contributed by atoms with Crippen LogP contribution in [0.5, 0.6) is 0 Å². The van der Waals surface area contributed by atoms with Crippen molar-refractivity contribution < 1.29 is 9.90 Å². The second-order valence-corrected chi connectivity index (χ2v) is 6.22. The lowest BCUT2D eigenvalue weighted by Gasteiger charge is -2.35. The fourth-order valence-electron chi connectivity index (χ4n) is 3.45. The molecule has 0 saturated carbocycles. The maximum Gasteiger partial charge on any atom is 0.237 e. The molecule has 2 fully saturated rings. The number of carbonyl (C=O) groups excluding carboxylic acids is 1. The van der Waals surface area contributed by atoms with Gasteiger partial charge in [0, 0.05) is 51.7 Å². The van der Waals surface area contributed by atoms with Gasteiger partial charge in [-0.3, -0.25) is 24.6 Å². The van der Waals surface area contributed by atoms with Gasteiger partial charge in [0.15, 0.2) is 0 Å². The Bertz CT molecular complexity index is 504. The number of hydrogen-bond donors (Lipinski definition) is 1. The van der Waals surface area contributed by atoms with Crippen molar-refractivity contribution in [2.45, 2.75) is 18.9 Å². The molecule has 23 heavy (non-hydrogen) atoms. The third-order valence-electron chi connectivity index (χ3n) is 4.74. The summed E-state index contributed by atoms with van der Waals surface area (Å²) in [7, 11) is 0. The Morgan fingerprint density at radius 2 is 1.96 bits per heavy atom. The van der Waals surface area contributed by atoms with Crippen LogP contribution in [0.15, 0.2) is 18.6 Å². The zero-order valence-corrected chi connectivity index (χ0v) is 13.5. The summed E-state index contributed by atoms with van der Waals surface area (Å²) < 4.78 is 0. The number of rotatable bonds is 5. The number of aliphatic hydroxyl groups is 1. The van der Waals surface area contributed by atoms with Gasteiger partial charge in [-0.1, -0.05) is 0 Å². The molecule has 0 aromatic carbocycles.